The number of aryl methyl sites for hydroxylation is 1. The third kappa shape index (κ3) is 3.33. The number of ether oxygens (including phenoxy) is 1. The maximum absolute atomic E-state index is 12.5. The van der Waals surface area contributed by atoms with E-state index >= 15 is 0 Å². The van der Waals surface area contributed by atoms with Crippen LogP contribution < -0.4 is 4.74 Å². The summed E-state index contributed by atoms with van der Waals surface area (Å²) in [7, 11) is 1.65. The Labute approximate surface area is 119 Å². The number of methoxy groups -OCH3 is 1. The van der Waals surface area contributed by atoms with E-state index in [0.717, 1.165) is 16.9 Å². The first-order valence-electron chi connectivity index (χ1n) is 6.88. The van der Waals surface area contributed by atoms with Gasteiger partial charge in [0.1, 0.15) is 5.75 Å². The molecular weight excluding hydrogens is 256 g/mol. The zero-order valence-corrected chi connectivity index (χ0v) is 12.8. The predicted octanol–water partition coefficient (Wildman–Crippen LogP) is 4.03. The molecule has 2 nitrogen and oxygen atoms in total. The first kappa shape index (κ1) is 14.4. The summed E-state index contributed by atoms with van der Waals surface area (Å²) in [5.41, 5.74) is 3.00. The lowest BCUT2D eigenvalue weighted by Crippen LogP contribution is -2.15. The van der Waals surface area contributed by atoms with Crippen molar-refractivity contribution in [3.63, 3.8) is 0 Å². The van der Waals surface area contributed by atoms with Crippen molar-refractivity contribution in [2.75, 3.05) is 18.6 Å². The SMILES string of the molecule is COc1c(C(=O)CC2CCSCC2)ccc(C)c1C. The lowest BCUT2D eigenvalue weighted by Gasteiger charge is -2.21. The van der Waals surface area contributed by atoms with Crippen LogP contribution in [0.1, 0.15) is 40.7 Å². The van der Waals surface area contributed by atoms with Crippen LogP contribution in [0.4, 0.5) is 0 Å². The molecule has 0 N–H and O–H groups in total. The molecule has 1 saturated heterocycles. The first-order chi connectivity index (χ1) is 9.13. The molecule has 0 saturated carbocycles. The summed E-state index contributed by atoms with van der Waals surface area (Å²) in [4.78, 5) is 12.5. The number of carbonyl (C=O) groups is 1. The average Bonchev–Trinajstić information content (AvgIpc) is 2.42. The van der Waals surface area contributed by atoms with Crippen LogP contribution in [-0.2, 0) is 0 Å². The fourth-order valence-corrected chi connectivity index (χ4v) is 3.80. The van der Waals surface area contributed by atoms with Crippen molar-refractivity contribution in [1.82, 2.24) is 0 Å². The van der Waals surface area contributed by atoms with Gasteiger partial charge in [0.2, 0.25) is 0 Å². The summed E-state index contributed by atoms with van der Waals surface area (Å²) in [5, 5.41) is 0. The van der Waals surface area contributed by atoms with E-state index in [2.05, 4.69) is 0 Å². The van der Waals surface area contributed by atoms with Crippen LogP contribution in [0.2, 0.25) is 0 Å². The molecule has 0 unspecified atom stereocenters. The van der Waals surface area contributed by atoms with Gasteiger partial charge in [0, 0.05) is 6.42 Å². The largest absolute Gasteiger partial charge is 0.496 e. The van der Waals surface area contributed by atoms with E-state index in [1.807, 2.05) is 37.7 Å². The number of thioether (sulfide) groups is 1. The first-order valence-corrected chi connectivity index (χ1v) is 8.04. The highest BCUT2D eigenvalue weighted by atomic mass is 32.2. The van der Waals surface area contributed by atoms with Crippen LogP contribution >= 0.6 is 11.8 Å². The minimum atomic E-state index is 0.233. The number of Topliss-reactive ketones (excluding diaryl/α,β-unsaturated/α-hetero) is 1. The molecule has 0 bridgehead atoms. The van der Waals surface area contributed by atoms with Gasteiger partial charge >= 0.3 is 0 Å². The van der Waals surface area contributed by atoms with Crippen molar-refractivity contribution in [2.45, 2.75) is 33.1 Å². The highest BCUT2D eigenvalue weighted by Crippen LogP contribution is 2.31. The molecule has 19 heavy (non-hydrogen) atoms. The maximum atomic E-state index is 12.5. The molecule has 0 amide bonds. The van der Waals surface area contributed by atoms with Crippen LogP contribution in [0.5, 0.6) is 5.75 Å². The molecule has 3 heteroatoms. The summed E-state index contributed by atoms with van der Waals surface area (Å²) in [6, 6.07) is 3.93. The van der Waals surface area contributed by atoms with E-state index in [1.165, 1.54) is 29.9 Å². The summed E-state index contributed by atoms with van der Waals surface area (Å²) < 4.78 is 5.44. The molecule has 1 aromatic carbocycles. The molecule has 0 spiro atoms. The van der Waals surface area contributed by atoms with Crippen LogP contribution in [-0.4, -0.2) is 24.4 Å². The van der Waals surface area contributed by atoms with Gasteiger partial charge in [-0.25, -0.2) is 0 Å². The zero-order chi connectivity index (χ0) is 13.8. The van der Waals surface area contributed by atoms with Gasteiger partial charge in [-0.05, 0) is 61.3 Å². The molecular formula is C16H22O2S. The molecule has 0 radical (unpaired) electrons. The third-order valence-electron chi connectivity index (χ3n) is 4.00. The van der Waals surface area contributed by atoms with Crippen LogP contribution in [0.15, 0.2) is 12.1 Å². The van der Waals surface area contributed by atoms with Gasteiger partial charge < -0.3 is 4.74 Å². The Balaban J connectivity index is 2.16. The number of hydrogen-bond acceptors (Lipinski definition) is 3. The van der Waals surface area contributed by atoms with Gasteiger partial charge in [0.05, 0.1) is 12.7 Å². The van der Waals surface area contributed by atoms with E-state index in [9.17, 15) is 4.79 Å². The standard InChI is InChI=1S/C16H22O2S/c1-11-4-5-14(16(18-3)12(11)2)15(17)10-13-6-8-19-9-7-13/h4-5,13H,6-10H2,1-3H3. The van der Waals surface area contributed by atoms with Crippen LogP contribution in [0.3, 0.4) is 0 Å². The Bertz CT molecular complexity index is 462. The topological polar surface area (TPSA) is 26.3 Å². The molecule has 104 valence electrons. The molecule has 1 aromatic rings. The Morgan fingerprint density at radius 1 is 1.32 bits per heavy atom. The second-order valence-corrected chi connectivity index (χ2v) is 6.50. The van der Waals surface area contributed by atoms with Crippen molar-refractivity contribution in [3.8, 4) is 5.75 Å². The monoisotopic (exact) mass is 278 g/mol. The van der Waals surface area contributed by atoms with E-state index in [-0.39, 0.29) is 5.78 Å². The predicted molar refractivity (Wildman–Crippen MR) is 81.5 cm³/mol. The Kier molecular flexibility index (Phi) is 4.92. The fourth-order valence-electron chi connectivity index (χ4n) is 2.60. The van der Waals surface area contributed by atoms with Crippen LogP contribution in [0, 0.1) is 19.8 Å². The molecule has 2 rings (SSSR count). The van der Waals surface area contributed by atoms with Crippen molar-refractivity contribution >= 4 is 17.5 Å². The second-order valence-electron chi connectivity index (χ2n) is 5.27. The molecule has 1 aliphatic rings. The molecule has 1 fully saturated rings. The lowest BCUT2D eigenvalue weighted by molar-refractivity contribution is 0.0955. The van der Waals surface area contributed by atoms with Gasteiger partial charge in [-0.3, -0.25) is 4.79 Å². The normalized spacial score (nSPS) is 16.4. The second kappa shape index (κ2) is 6.47. The summed E-state index contributed by atoms with van der Waals surface area (Å²) in [6.07, 6.45) is 3.01. The fraction of sp³-hybridized carbons (Fsp3) is 0.562. The van der Waals surface area contributed by atoms with Crippen molar-refractivity contribution in [2.24, 2.45) is 5.92 Å². The van der Waals surface area contributed by atoms with Gasteiger partial charge in [-0.15, -0.1) is 0 Å². The number of ketones is 1. The summed E-state index contributed by atoms with van der Waals surface area (Å²) in [6.45, 7) is 4.06. The van der Waals surface area contributed by atoms with Gasteiger partial charge in [-0.1, -0.05) is 6.07 Å². The smallest absolute Gasteiger partial charge is 0.166 e. The van der Waals surface area contributed by atoms with Crippen LogP contribution in [0.25, 0.3) is 0 Å². The summed E-state index contributed by atoms with van der Waals surface area (Å²) >= 11 is 2.00. The van der Waals surface area contributed by atoms with Gasteiger partial charge in [-0.2, -0.15) is 11.8 Å². The van der Waals surface area contributed by atoms with Crippen molar-refractivity contribution in [1.29, 1.82) is 0 Å². The Morgan fingerprint density at radius 2 is 2.00 bits per heavy atom. The lowest BCUT2D eigenvalue weighted by atomic mass is 9.92. The highest BCUT2D eigenvalue weighted by molar-refractivity contribution is 7.99. The molecule has 0 atom stereocenters. The Morgan fingerprint density at radius 3 is 2.63 bits per heavy atom. The van der Waals surface area contributed by atoms with Crippen molar-refractivity contribution in [3.05, 3.63) is 28.8 Å². The van der Waals surface area contributed by atoms with E-state index in [1.54, 1.807) is 7.11 Å². The van der Waals surface area contributed by atoms with E-state index < -0.39 is 0 Å². The molecule has 0 aromatic heterocycles. The van der Waals surface area contributed by atoms with Crippen molar-refractivity contribution < 1.29 is 9.53 Å². The van der Waals surface area contributed by atoms with E-state index in [0.29, 0.717) is 12.3 Å². The minimum absolute atomic E-state index is 0.233. The van der Waals surface area contributed by atoms with Gasteiger partial charge in [0.25, 0.3) is 0 Å². The maximum Gasteiger partial charge on any atom is 0.166 e. The van der Waals surface area contributed by atoms with Gasteiger partial charge in [0.15, 0.2) is 5.78 Å². The highest BCUT2D eigenvalue weighted by Gasteiger charge is 2.21. The number of rotatable bonds is 4. The number of carbonyl (C=O) groups excluding carboxylic acids is 1. The summed E-state index contributed by atoms with van der Waals surface area (Å²) in [5.74, 6) is 3.94. The zero-order valence-electron chi connectivity index (χ0n) is 12.0. The quantitative estimate of drug-likeness (QED) is 0.778. The third-order valence-corrected chi connectivity index (χ3v) is 5.04. The average molecular weight is 278 g/mol. The number of benzene rings is 1. The molecule has 0 aliphatic carbocycles. The Hall–Kier alpha value is -0.960. The molecule has 1 heterocycles. The van der Waals surface area contributed by atoms with E-state index in [4.69, 9.17) is 4.74 Å². The number of hydrogen-bond donors (Lipinski definition) is 0. The minimum Gasteiger partial charge on any atom is -0.496 e. The molecule has 1 aliphatic heterocycles.